The number of aryl methyl sites for hydroxylation is 1. The van der Waals surface area contributed by atoms with Gasteiger partial charge in [0.25, 0.3) is 0 Å². The molecule has 0 bridgehead atoms. The van der Waals surface area contributed by atoms with Crippen LogP contribution < -0.4 is 5.32 Å². The standard InChI is InChI=1S/C18H28N2O2/c1-14-9-5-6-11-16(14)19-13-15-10-7-8-12-20(15)17(21)22-18(2,3)4/h5-6,9,11,15,19H,7-8,10,12-13H2,1-4H3. The van der Waals surface area contributed by atoms with Gasteiger partial charge in [-0.2, -0.15) is 0 Å². The minimum absolute atomic E-state index is 0.191. The van der Waals surface area contributed by atoms with Crippen LogP contribution in [0.3, 0.4) is 0 Å². The lowest BCUT2D eigenvalue weighted by Gasteiger charge is -2.37. The zero-order valence-electron chi connectivity index (χ0n) is 14.2. The van der Waals surface area contributed by atoms with E-state index in [1.165, 1.54) is 12.0 Å². The molecule has 1 aromatic rings. The second kappa shape index (κ2) is 7.03. The normalized spacial score (nSPS) is 18.9. The molecule has 1 amide bonds. The topological polar surface area (TPSA) is 41.6 Å². The van der Waals surface area contributed by atoms with Gasteiger partial charge in [-0.15, -0.1) is 0 Å². The van der Waals surface area contributed by atoms with Gasteiger partial charge in [0.15, 0.2) is 0 Å². The Balaban J connectivity index is 1.98. The average Bonchev–Trinajstić information content (AvgIpc) is 2.45. The van der Waals surface area contributed by atoms with Crippen molar-refractivity contribution in [3.05, 3.63) is 29.8 Å². The molecule has 1 aliphatic heterocycles. The van der Waals surface area contributed by atoms with Gasteiger partial charge in [0.1, 0.15) is 5.60 Å². The molecule has 0 spiro atoms. The first kappa shape index (κ1) is 16.7. The molecule has 4 heteroatoms. The van der Waals surface area contributed by atoms with Gasteiger partial charge in [-0.3, -0.25) is 0 Å². The highest BCUT2D eigenvalue weighted by molar-refractivity contribution is 5.68. The van der Waals surface area contributed by atoms with Crippen LogP contribution in [0.25, 0.3) is 0 Å². The van der Waals surface area contributed by atoms with Crippen molar-refractivity contribution in [1.29, 1.82) is 0 Å². The third-order valence-corrected chi connectivity index (χ3v) is 3.93. The monoisotopic (exact) mass is 304 g/mol. The molecule has 22 heavy (non-hydrogen) atoms. The maximum absolute atomic E-state index is 12.4. The first-order valence-electron chi connectivity index (χ1n) is 8.16. The second-order valence-corrected chi connectivity index (χ2v) is 7.02. The van der Waals surface area contributed by atoms with Gasteiger partial charge in [-0.25, -0.2) is 4.79 Å². The van der Waals surface area contributed by atoms with Crippen LogP contribution in [0.2, 0.25) is 0 Å². The quantitative estimate of drug-likeness (QED) is 0.910. The zero-order valence-corrected chi connectivity index (χ0v) is 14.2. The third kappa shape index (κ3) is 4.65. The van der Waals surface area contributed by atoms with E-state index in [-0.39, 0.29) is 12.1 Å². The lowest BCUT2D eigenvalue weighted by molar-refractivity contribution is 0.0114. The Morgan fingerprint density at radius 3 is 2.73 bits per heavy atom. The number of nitrogens with zero attached hydrogens (tertiary/aromatic N) is 1. The molecule has 2 rings (SSSR count). The fourth-order valence-corrected chi connectivity index (χ4v) is 2.77. The number of carbonyl (C=O) groups excluding carboxylic acids is 1. The molecule has 1 N–H and O–H groups in total. The van der Waals surface area contributed by atoms with Gasteiger partial charge in [0.05, 0.1) is 6.04 Å². The minimum Gasteiger partial charge on any atom is -0.444 e. The van der Waals surface area contributed by atoms with E-state index in [1.807, 2.05) is 37.8 Å². The van der Waals surface area contributed by atoms with Crippen molar-refractivity contribution < 1.29 is 9.53 Å². The van der Waals surface area contributed by atoms with Crippen LogP contribution in [-0.4, -0.2) is 35.7 Å². The number of para-hydroxylation sites is 1. The number of piperidine rings is 1. The van der Waals surface area contributed by atoms with E-state index in [1.54, 1.807) is 0 Å². The molecule has 1 fully saturated rings. The van der Waals surface area contributed by atoms with Crippen LogP contribution in [0.1, 0.15) is 45.6 Å². The predicted molar refractivity (Wildman–Crippen MR) is 90.2 cm³/mol. The molecule has 122 valence electrons. The number of carbonyl (C=O) groups is 1. The van der Waals surface area contributed by atoms with E-state index in [9.17, 15) is 4.79 Å². The Hall–Kier alpha value is -1.71. The Morgan fingerprint density at radius 2 is 2.05 bits per heavy atom. The molecule has 1 heterocycles. The minimum atomic E-state index is -0.442. The SMILES string of the molecule is Cc1ccccc1NCC1CCCCN1C(=O)OC(C)(C)C. The number of rotatable bonds is 3. The summed E-state index contributed by atoms with van der Waals surface area (Å²) in [5.74, 6) is 0. The fraction of sp³-hybridized carbons (Fsp3) is 0.611. The summed E-state index contributed by atoms with van der Waals surface area (Å²) >= 11 is 0. The van der Waals surface area contributed by atoms with Crippen LogP contribution in [-0.2, 0) is 4.74 Å². The van der Waals surface area contributed by atoms with E-state index < -0.39 is 5.60 Å². The summed E-state index contributed by atoms with van der Waals surface area (Å²) < 4.78 is 5.54. The molecule has 0 saturated carbocycles. The molecular weight excluding hydrogens is 276 g/mol. The molecule has 1 unspecified atom stereocenters. The molecule has 1 aromatic carbocycles. The number of nitrogens with one attached hydrogen (secondary N) is 1. The summed E-state index contributed by atoms with van der Waals surface area (Å²) in [7, 11) is 0. The first-order chi connectivity index (χ1) is 10.4. The van der Waals surface area contributed by atoms with E-state index in [0.29, 0.717) is 0 Å². The number of hydrogen-bond donors (Lipinski definition) is 1. The van der Waals surface area contributed by atoms with E-state index in [0.717, 1.165) is 31.6 Å². The number of anilines is 1. The number of likely N-dealkylation sites (tertiary alicyclic amines) is 1. The van der Waals surface area contributed by atoms with Crippen molar-refractivity contribution >= 4 is 11.8 Å². The van der Waals surface area contributed by atoms with E-state index in [4.69, 9.17) is 4.74 Å². The van der Waals surface area contributed by atoms with Gasteiger partial charge >= 0.3 is 6.09 Å². The van der Waals surface area contributed by atoms with Crippen LogP contribution >= 0.6 is 0 Å². The van der Waals surface area contributed by atoms with Crippen molar-refractivity contribution in [2.45, 2.75) is 58.6 Å². The highest BCUT2D eigenvalue weighted by Crippen LogP contribution is 2.22. The fourth-order valence-electron chi connectivity index (χ4n) is 2.77. The molecular formula is C18H28N2O2. The highest BCUT2D eigenvalue weighted by Gasteiger charge is 2.30. The van der Waals surface area contributed by atoms with Crippen molar-refractivity contribution in [2.75, 3.05) is 18.4 Å². The summed E-state index contributed by atoms with van der Waals surface area (Å²) in [5.41, 5.74) is 1.92. The first-order valence-corrected chi connectivity index (χ1v) is 8.16. The Kier molecular flexibility index (Phi) is 5.33. The smallest absolute Gasteiger partial charge is 0.410 e. The largest absolute Gasteiger partial charge is 0.444 e. The molecule has 1 saturated heterocycles. The molecule has 0 aliphatic carbocycles. The third-order valence-electron chi connectivity index (χ3n) is 3.93. The van der Waals surface area contributed by atoms with E-state index >= 15 is 0 Å². The molecule has 0 aromatic heterocycles. The summed E-state index contributed by atoms with van der Waals surface area (Å²) in [6.07, 6.45) is 3.06. The van der Waals surface area contributed by atoms with Crippen molar-refractivity contribution in [2.24, 2.45) is 0 Å². The second-order valence-electron chi connectivity index (χ2n) is 7.02. The lowest BCUT2D eigenvalue weighted by atomic mass is 10.0. The average molecular weight is 304 g/mol. The van der Waals surface area contributed by atoms with Gasteiger partial charge in [-0.1, -0.05) is 18.2 Å². The van der Waals surface area contributed by atoms with Crippen molar-refractivity contribution in [3.8, 4) is 0 Å². The number of ether oxygens (including phenoxy) is 1. The van der Waals surface area contributed by atoms with Crippen molar-refractivity contribution in [1.82, 2.24) is 4.90 Å². The highest BCUT2D eigenvalue weighted by atomic mass is 16.6. The van der Waals surface area contributed by atoms with Crippen LogP contribution in [0.5, 0.6) is 0 Å². The Morgan fingerprint density at radius 1 is 1.32 bits per heavy atom. The summed E-state index contributed by atoms with van der Waals surface area (Å²) in [5, 5.41) is 3.48. The maximum Gasteiger partial charge on any atom is 0.410 e. The van der Waals surface area contributed by atoms with Crippen LogP contribution in [0.4, 0.5) is 10.5 Å². The summed E-state index contributed by atoms with van der Waals surface area (Å²) in [6.45, 7) is 9.38. The summed E-state index contributed by atoms with van der Waals surface area (Å²) in [4.78, 5) is 14.3. The molecule has 1 atom stereocenters. The molecule has 0 radical (unpaired) electrons. The number of hydrogen-bond acceptors (Lipinski definition) is 3. The Bertz CT molecular complexity index is 508. The van der Waals surface area contributed by atoms with Crippen LogP contribution in [0, 0.1) is 6.92 Å². The Labute approximate surface area is 133 Å². The molecule has 4 nitrogen and oxygen atoms in total. The molecule has 1 aliphatic rings. The predicted octanol–water partition coefficient (Wildman–Crippen LogP) is 4.20. The number of benzene rings is 1. The van der Waals surface area contributed by atoms with Gasteiger partial charge in [0.2, 0.25) is 0 Å². The van der Waals surface area contributed by atoms with E-state index in [2.05, 4.69) is 24.4 Å². The van der Waals surface area contributed by atoms with Crippen molar-refractivity contribution in [3.63, 3.8) is 0 Å². The van der Waals surface area contributed by atoms with Crippen LogP contribution in [0.15, 0.2) is 24.3 Å². The van der Waals surface area contributed by atoms with Gasteiger partial charge in [-0.05, 0) is 58.6 Å². The van der Waals surface area contributed by atoms with Gasteiger partial charge in [0, 0.05) is 18.8 Å². The number of amides is 1. The summed E-state index contributed by atoms with van der Waals surface area (Å²) in [6, 6.07) is 8.43. The maximum atomic E-state index is 12.4. The lowest BCUT2D eigenvalue weighted by Crippen LogP contribution is -2.48. The zero-order chi connectivity index (χ0) is 16.2. The van der Waals surface area contributed by atoms with Gasteiger partial charge < -0.3 is 15.0 Å².